The monoisotopic (exact) mass is 403 g/mol. The Kier molecular flexibility index (Phi) is 4.88. The molecule has 0 saturated carbocycles. The summed E-state index contributed by atoms with van der Waals surface area (Å²) in [7, 11) is 0. The third-order valence-corrected chi connectivity index (χ3v) is 5.57. The smallest absolute Gasteiger partial charge is 0.131 e. The summed E-state index contributed by atoms with van der Waals surface area (Å²) >= 11 is 0. The number of hydrogen-bond acceptors (Lipinski definition) is 5. The minimum atomic E-state index is -0.282. The van der Waals surface area contributed by atoms with Crippen molar-refractivity contribution < 1.29 is 9.13 Å². The number of ether oxygens (including phenoxy) is 1. The van der Waals surface area contributed by atoms with E-state index < -0.39 is 0 Å². The Hall–Kier alpha value is -3.32. The maximum absolute atomic E-state index is 14.1. The molecule has 0 spiro atoms. The van der Waals surface area contributed by atoms with Crippen LogP contribution >= 0.6 is 0 Å². The van der Waals surface area contributed by atoms with Crippen LogP contribution in [0.25, 0.3) is 21.9 Å². The van der Waals surface area contributed by atoms with Crippen molar-refractivity contribution in [1.82, 2.24) is 14.5 Å². The number of rotatable bonds is 4. The van der Waals surface area contributed by atoms with Crippen molar-refractivity contribution in [2.45, 2.75) is 25.4 Å². The van der Waals surface area contributed by atoms with Crippen LogP contribution in [0.15, 0.2) is 53.7 Å². The molecule has 7 heteroatoms. The second-order valence-electron chi connectivity index (χ2n) is 7.49. The molecule has 1 saturated heterocycles. The molecule has 0 radical (unpaired) electrons. The number of fused-ring (bicyclic) bond motifs is 3. The van der Waals surface area contributed by atoms with Crippen LogP contribution in [0.1, 0.15) is 30.3 Å². The topological polar surface area (TPSA) is 78.3 Å². The maximum Gasteiger partial charge on any atom is 0.131 e. The maximum atomic E-state index is 14.1. The Morgan fingerprint density at radius 3 is 2.83 bits per heavy atom. The van der Waals surface area contributed by atoms with Crippen molar-refractivity contribution in [3.05, 3.63) is 65.9 Å². The Bertz CT molecular complexity index is 1240. The Morgan fingerprint density at radius 1 is 1.17 bits per heavy atom. The van der Waals surface area contributed by atoms with Gasteiger partial charge in [-0.1, -0.05) is 18.2 Å². The molecule has 3 heterocycles. The lowest BCUT2D eigenvalue weighted by Gasteiger charge is -2.26. The molecule has 0 aliphatic carbocycles. The third-order valence-electron chi connectivity index (χ3n) is 5.57. The summed E-state index contributed by atoms with van der Waals surface area (Å²) < 4.78 is 21.8. The van der Waals surface area contributed by atoms with Gasteiger partial charge in [-0.2, -0.15) is 0 Å². The van der Waals surface area contributed by atoms with Gasteiger partial charge in [0.1, 0.15) is 17.2 Å². The molecule has 2 N–H and O–H groups in total. The summed E-state index contributed by atoms with van der Waals surface area (Å²) in [6, 6.07) is 12.5. The first-order valence-corrected chi connectivity index (χ1v) is 10.1. The third kappa shape index (κ3) is 3.41. The van der Waals surface area contributed by atoms with Crippen LogP contribution in [0, 0.1) is 5.82 Å². The summed E-state index contributed by atoms with van der Waals surface area (Å²) in [5.74, 6) is 0.553. The summed E-state index contributed by atoms with van der Waals surface area (Å²) in [4.78, 5) is 13.9. The molecule has 1 aliphatic heterocycles. The van der Waals surface area contributed by atoms with Gasteiger partial charge in [-0.3, -0.25) is 9.98 Å². The number of pyridine rings is 1. The van der Waals surface area contributed by atoms with Gasteiger partial charge in [0, 0.05) is 42.1 Å². The van der Waals surface area contributed by atoms with E-state index in [0.29, 0.717) is 25.4 Å². The average molecular weight is 403 g/mol. The van der Waals surface area contributed by atoms with E-state index in [9.17, 15) is 4.39 Å². The predicted molar refractivity (Wildman–Crippen MR) is 116 cm³/mol. The van der Waals surface area contributed by atoms with Gasteiger partial charge in [0.2, 0.25) is 0 Å². The lowest BCUT2D eigenvalue weighted by Crippen LogP contribution is -2.21. The van der Waals surface area contributed by atoms with Gasteiger partial charge < -0.3 is 15.0 Å². The minimum absolute atomic E-state index is 0.226. The van der Waals surface area contributed by atoms with Crippen molar-refractivity contribution >= 4 is 33.8 Å². The van der Waals surface area contributed by atoms with E-state index in [-0.39, 0.29) is 11.9 Å². The Morgan fingerprint density at radius 2 is 2.00 bits per heavy atom. The molecule has 0 unspecified atom stereocenters. The second-order valence-corrected chi connectivity index (χ2v) is 7.49. The molecule has 6 nitrogen and oxygen atoms in total. The Labute approximate surface area is 173 Å². The van der Waals surface area contributed by atoms with Crippen molar-refractivity contribution in [3.8, 4) is 0 Å². The van der Waals surface area contributed by atoms with Crippen LogP contribution in [0.2, 0.25) is 0 Å². The number of anilines is 1. The highest BCUT2D eigenvalue weighted by molar-refractivity contribution is 6.02. The molecule has 1 aliphatic rings. The molecule has 5 rings (SSSR count). The minimum Gasteiger partial charge on any atom is -0.398 e. The van der Waals surface area contributed by atoms with Crippen LogP contribution in [0.3, 0.4) is 0 Å². The fourth-order valence-corrected chi connectivity index (χ4v) is 4.10. The number of hydrogen-bond donors (Lipinski definition) is 1. The number of aromatic nitrogens is 3. The number of imidazole rings is 1. The highest BCUT2D eigenvalue weighted by atomic mass is 19.1. The SMILES string of the molecule is Nc1ccccc1C=NCc1nc2cnc3ccc(F)cc3c2n1C1CCOCC1. The zero-order valence-corrected chi connectivity index (χ0v) is 16.5. The number of aliphatic imine (C=N–C) groups is 1. The first kappa shape index (κ1) is 18.7. The van der Waals surface area contributed by atoms with E-state index in [4.69, 9.17) is 15.5 Å². The zero-order chi connectivity index (χ0) is 20.5. The van der Waals surface area contributed by atoms with Gasteiger partial charge in [0.15, 0.2) is 0 Å². The van der Waals surface area contributed by atoms with Crippen LogP contribution in [0.5, 0.6) is 0 Å². The van der Waals surface area contributed by atoms with Gasteiger partial charge in [-0.05, 0) is 37.1 Å². The van der Waals surface area contributed by atoms with E-state index in [2.05, 4.69) is 14.5 Å². The number of nitrogens with zero attached hydrogens (tertiary/aromatic N) is 4. The van der Waals surface area contributed by atoms with E-state index in [0.717, 1.165) is 46.2 Å². The molecule has 1 fully saturated rings. The molecule has 4 aromatic rings. The lowest BCUT2D eigenvalue weighted by molar-refractivity contribution is 0.0699. The van der Waals surface area contributed by atoms with Gasteiger partial charge >= 0.3 is 0 Å². The molecule has 30 heavy (non-hydrogen) atoms. The fraction of sp³-hybridized carbons (Fsp3) is 0.261. The molecule has 152 valence electrons. The second kappa shape index (κ2) is 7.84. The number of benzene rings is 2. The fourth-order valence-electron chi connectivity index (χ4n) is 4.10. The van der Waals surface area contributed by atoms with E-state index in [1.165, 1.54) is 6.07 Å². The molecular weight excluding hydrogens is 381 g/mol. The standard InChI is InChI=1S/C23H22FN5O/c24-16-5-6-20-18(11-16)23-21(13-27-20)28-22(29(23)17-7-9-30-10-8-17)14-26-12-15-3-1-2-4-19(15)25/h1-6,11-13,17H,7-10,14,25H2. The predicted octanol–water partition coefficient (Wildman–Crippen LogP) is 4.28. The molecule has 0 bridgehead atoms. The first-order chi connectivity index (χ1) is 14.7. The summed E-state index contributed by atoms with van der Waals surface area (Å²) in [5.41, 5.74) is 10.00. The van der Waals surface area contributed by atoms with Crippen molar-refractivity contribution in [2.24, 2.45) is 4.99 Å². The van der Waals surface area contributed by atoms with E-state index in [1.807, 2.05) is 24.3 Å². The van der Waals surface area contributed by atoms with Crippen LogP contribution < -0.4 is 5.73 Å². The summed E-state index contributed by atoms with van der Waals surface area (Å²) in [6.45, 7) is 1.80. The van der Waals surface area contributed by atoms with Gasteiger partial charge in [0.05, 0.1) is 23.8 Å². The summed E-state index contributed by atoms with van der Waals surface area (Å²) in [5, 5.41) is 0.772. The molecule has 2 aromatic carbocycles. The number of nitrogen functional groups attached to an aromatic ring is 1. The molecular formula is C23H22FN5O. The summed E-state index contributed by atoms with van der Waals surface area (Å²) in [6.07, 6.45) is 5.30. The number of para-hydroxylation sites is 1. The van der Waals surface area contributed by atoms with E-state index in [1.54, 1.807) is 24.5 Å². The molecule has 0 amide bonds. The highest BCUT2D eigenvalue weighted by Crippen LogP contribution is 2.32. The van der Waals surface area contributed by atoms with Crippen LogP contribution in [0.4, 0.5) is 10.1 Å². The van der Waals surface area contributed by atoms with Crippen molar-refractivity contribution in [3.63, 3.8) is 0 Å². The van der Waals surface area contributed by atoms with Gasteiger partial charge in [-0.25, -0.2) is 9.37 Å². The largest absolute Gasteiger partial charge is 0.398 e. The zero-order valence-electron chi connectivity index (χ0n) is 16.5. The van der Waals surface area contributed by atoms with Gasteiger partial charge in [-0.15, -0.1) is 0 Å². The Balaban J connectivity index is 1.62. The molecule has 0 atom stereocenters. The first-order valence-electron chi connectivity index (χ1n) is 10.1. The van der Waals surface area contributed by atoms with Crippen LogP contribution in [-0.4, -0.2) is 34.0 Å². The average Bonchev–Trinajstić information content (AvgIpc) is 3.14. The van der Waals surface area contributed by atoms with Crippen molar-refractivity contribution in [2.75, 3.05) is 18.9 Å². The number of nitrogens with two attached hydrogens (primary N) is 1. The van der Waals surface area contributed by atoms with Crippen molar-refractivity contribution in [1.29, 1.82) is 0 Å². The number of halogens is 1. The van der Waals surface area contributed by atoms with Gasteiger partial charge in [0.25, 0.3) is 0 Å². The lowest BCUT2D eigenvalue weighted by atomic mass is 10.1. The highest BCUT2D eigenvalue weighted by Gasteiger charge is 2.23. The van der Waals surface area contributed by atoms with Crippen LogP contribution in [-0.2, 0) is 11.3 Å². The van der Waals surface area contributed by atoms with E-state index >= 15 is 0 Å². The normalized spacial score (nSPS) is 15.5. The molecule has 2 aromatic heterocycles. The quantitative estimate of drug-likeness (QED) is 0.408.